The number of hydrogen-bond donors (Lipinski definition) is 0. The molecule has 0 aliphatic heterocycles. The molecule has 2 aliphatic rings. The molecule has 0 amide bonds. The molecule has 0 unspecified atom stereocenters. The second-order valence-electron chi connectivity index (χ2n) is 12.4. The number of nitrogens with zero attached hydrogens (tertiary/aromatic N) is 1. The van der Waals surface area contributed by atoms with Crippen molar-refractivity contribution in [2.75, 3.05) is 0 Å². The van der Waals surface area contributed by atoms with Crippen LogP contribution in [0, 0.1) is 0 Å². The van der Waals surface area contributed by atoms with Crippen LogP contribution in [-0.4, -0.2) is 4.57 Å². The molecular weight excluding hydrogens is 542 g/mol. The SMILES string of the molecule is c1ccc(-n2c3ccc(C4(c5ccccc5)c5ccccc5-c5ccccc54)cc3c3ccc4c(c32)-c2ccccc2C4)cc1. The Balaban J connectivity index is 1.35. The number of hydrogen-bond acceptors (Lipinski definition) is 0. The summed E-state index contributed by atoms with van der Waals surface area (Å²) in [6, 6.07) is 60.9. The van der Waals surface area contributed by atoms with Crippen molar-refractivity contribution in [3.63, 3.8) is 0 Å². The zero-order valence-electron chi connectivity index (χ0n) is 24.7. The first kappa shape index (κ1) is 24.7. The number of para-hydroxylation sites is 1. The summed E-state index contributed by atoms with van der Waals surface area (Å²) >= 11 is 0. The van der Waals surface area contributed by atoms with Gasteiger partial charge in [-0.1, -0.05) is 140 Å². The Bertz CT molecular complexity index is 2400. The molecule has 2 aliphatic carbocycles. The maximum absolute atomic E-state index is 2.50. The molecule has 1 heteroatoms. The van der Waals surface area contributed by atoms with E-state index in [0.717, 1.165) is 6.42 Å². The highest BCUT2D eigenvalue weighted by molar-refractivity contribution is 6.15. The summed E-state index contributed by atoms with van der Waals surface area (Å²) in [5, 5.41) is 2.59. The van der Waals surface area contributed by atoms with Gasteiger partial charge in [0.1, 0.15) is 0 Å². The van der Waals surface area contributed by atoms with E-state index in [9.17, 15) is 0 Å². The molecule has 1 heterocycles. The smallest absolute Gasteiger partial charge is 0.0713 e. The molecule has 0 N–H and O–H groups in total. The highest BCUT2D eigenvalue weighted by Gasteiger charge is 2.46. The summed E-state index contributed by atoms with van der Waals surface area (Å²) in [5.74, 6) is 0. The maximum atomic E-state index is 2.50. The van der Waals surface area contributed by atoms with E-state index in [-0.39, 0.29) is 0 Å². The normalized spacial score (nSPS) is 13.9. The Morgan fingerprint density at radius 3 is 1.80 bits per heavy atom. The quantitative estimate of drug-likeness (QED) is 0.199. The number of aromatic nitrogens is 1. The van der Waals surface area contributed by atoms with Gasteiger partial charge in [-0.15, -0.1) is 0 Å². The van der Waals surface area contributed by atoms with Gasteiger partial charge in [0, 0.05) is 22.0 Å². The molecule has 1 aromatic heterocycles. The molecule has 210 valence electrons. The second-order valence-corrected chi connectivity index (χ2v) is 12.4. The molecule has 7 aromatic carbocycles. The highest BCUT2D eigenvalue weighted by Crippen LogP contribution is 2.56. The maximum Gasteiger partial charge on any atom is 0.0713 e. The fourth-order valence-electron chi connectivity index (χ4n) is 8.51. The van der Waals surface area contributed by atoms with E-state index < -0.39 is 5.41 Å². The standard InChI is InChI=1S/C44H29N/c1-3-14-31(15-4-1)44(39-21-11-9-19-35(39)36-20-10-12-22-40(36)44)32-24-26-41-38(28-32)37-25-23-30-27-29-13-7-8-18-34(29)42(30)43(37)45(41)33-16-5-2-6-17-33/h1-26,28H,27H2. The Morgan fingerprint density at radius 1 is 0.444 bits per heavy atom. The third-order valence-corrected chi connectivity index (χ3v) is 10.3. The fraction of sp³-hybridized carbons (Fsp3) is 0.0455. The first-order valence-electron chi connectivity index (χ1n) is 15.8. The molecule has 0 atom stereocenters. The van der Waals surface area contributed by atoms with Gasteiger partial charge in [-0.05, 0) is 80.8 Å². The van der Waals surface area contributed by atoms with E-state index in [0.29, 0.717) is 0 Å². The monoisotopic (exact) mass is 571 g/mol. The summed E-state index contributed by atoms with van der Waals surface area (Å²) in [7, 11) is 0. The molecule has 0 fully saturated rings. The van der Waals surface area contributed by atoms with E-state index in [1.54, 1.807) is 0 Å². The second kappa shape index (κ2) is 9.17. The molecule has 45 heavy (non-hydrogen) atoms. The van der Waals surface area contributed by atoms with Crippen molar-refractivity contribution in [1.29, 1.82) is 0 Å². The molecule has 0 saturated carbocycles. The molecule has 0 radical (unpaired) electrons. The van der Waals surface area contributed by atoms with Gasteiger partial charge in [-0.2, -0.15) is 0 Å². The lowest BCUT2D eigenvalue weighted by Gasteiger charge is -2.34. The summed E-state index contributed by atoms with van der Waals surface area (Å²) in [5.41, 5.74) is 16.8. The van der Waals surface area contributed by atoms with Gasteiger partial charge >= 0.3 is 0 Å². The third-order valence-electron chi connectivity index (χ3n) is 10.3. The van der Waals surface area contributed by atoms with Gasteiger partial charge in [-0.3, -0.25) is 0 Å². The number of rotatable bonds is 3. The van der Waals surface area contributed by atoms with Crippen LogP contribution in [0.25, 0.3) is 49.7 Å². The van der Waals surface area contributed by atoms with Crippen molar-refractivity contribution in [3.8, 4) is 27.9 Å². The van der Waals surface area contributed by atoms with Crippen LogP contribution >= 0.6 is 0 Å². The molecule has 0 saturated heterocycles. The molecular formula is C44H29N. The number of fused-ring (bicyclic) bond motifs is 10. The Morgan fingerprint density at radius 2 is 1.07 bits per heavy atom. The predicted molar refractivity (Wildman–Crippen MR) is 186 cm³/mol. The van der Waals surface area contributed by atoms with Crippen LogP contribution in [0.4, 0.5) is 0 Å². The van der Waals surface area contributed by atoms with Crippen molar-refractivity contribution in [2.24, 2.45) is 0 Å². The lowest BCUT2D eigenvalue weighted by molar-refractivity contribution is 0.770. The van der Waals surface area contributed by atoms with Gasteiger partial charge < -0.3 is 4.57 Å². The van der Waals surface area contributed by atoms with E-state index in [2.05, 4.69) is 168 Å². The van der Waals surface area contributed by atoms with Crippen molar-refractivity contribution in [1.82, 2.24) is 4.57 Å². The Kier molecular flexibility index (Phi) is 5.04. The van der Waals surface area contributed by atoms with E-state index >= 15 is 0 Å². The molecule has 10 rings (SSSR count). The van der Waals surface area contributed by atoms with Crippen molar-refractivity contribution < 1.29 is 0 Å². The average molecular weight is 572 g/mol. The van der Waals surface area contributed by atoms with Crippen LogP contribution in [-0.2, 0) is 11.8 Å². The van der Waals surface area contributed by atoms with Gasteiger partial charge in [0.25, 0.3) is 0 Å². The van der Waals surface area contributed by atoms with Gasteiger partial charge in [-0.25, -0.2) is 0 Å². The topological polar surface area (TPSA) is 4.93 Å². The van der Waals surface area contributed by atoms with Crippen molar-refractivity contribution in [3.05, 3.63) is 197 Å². The van der Waals surface area contributed by atoms with E-state index in [1.807, 2.05) is 0 Å². The predicted octanol–water partition coefficient (Wildman–Crippen LogP) is 10.7. The van der Waals surface area contributed by atoms with Crippen LogP contribution in [0.5, 0.6) is 0 Å². The van der Waals surface area contributed by atoms with E-state index in [1.165, 1.54) is 83.1 Å². The molecule has 0 spiro atoms. The molecule has 1 nitrogen and oxygen atoms in total. The Hall–Kier alpha value is -5.66. The number of benzene rings is 7. The summed E-state index contributed by atoms with van der Waals surface area (Å²) < 4.78 is 2.50. The zero-order valence-corrected chi connectivity index (χ0v) is 24.7. The highest BCUT2D eigenvalue weighted by atomic mass is 15.0. The first-order chi connectivity index (χ1) is 22.3. The van der Waals surface area contributed by atoms with Crippen molar-refractivity contribution in [2.45, 2.75) is 11.8 Å². The zero-order chi connectivity index (χ0) is 29.5. The average Bonchev–Trinajstić information content (AvgIpc) is 3.75. The van der Waals surface area contributed by atoms with Crippen LogP contribution in [0.3, 0.4) is 0 Å². The largest absolute Gasteiger partial charge is 0.309 e. The van der Waals surface area contributed by atoms with Gasteiger partial charge in [0.15, 0.2) is 0 Å². The first-order valence-corrected chi connectivity index (χ1v) is 15.8. The van der Waals surface area contributed by atoms with Crippen LogP contribution < -0.4 is 0 Å². The lowest BCUT2D eigenvalue weighted by Crippen LogP contribution is -2.28. The minimum absolute atomic E-state index is 0.423. The third kappa shape index (κ3) is 3.22. The minimum atomic E-state index is -0.423. The summed E-state index contributed by atoms with van der Waals surface area (Å²) in [6.07, 6.45) is 0.980. The van der Waals surface area contributed by atoms with Gasteiger partial charge in [0.2, 0.25) is 0 Å². The van der Waals surface area contributed by atoms with Crippen LogP contribution in [0.1, 0.15) is 33.4 Å². The Labute approximate surface area is 262 Å². The van der Waals surface area contributed by atoms with E-state index in [4.69, 9.17) is 0 Å². The molecule has 0 bridgehead atoms. The summed E-state index contributed by atoms with van der Waals surface area (Å²) in [6.45, 7) is 0. The summed E-state index contributed by atoms with van der Waals surface area (Å²) in [4.78, 5) is 0. The van der Waals surface area contributed by atoms with Crippen LogP contribution in [0.2, 0.25) is 0 Å². The molecule has 8 aromatic rings. The fourth-order valence-corrected chi connectivity index (χ4v) is 8.51. The lowest BCUT2D eigenvalue weighted by atomic mass is 9.67. The minimum Gasteiger partial charge on any atom is -0.309 e. The van der Waals surface area contributed by atoms with Gasteiger partial charge in [0.05, 0.1) is 16.4 Å². The van der Waals surface area contributed by atoms with Crippen LogP contribution in [0.15, 0.2) is 164 Å². The van der Waals surface area contributed by atoms with Crippen molar-refractivity contribution >= 4 is 21.8 Å².